The number of ether oxygens (including phenoxy) is 5. The monoisotopic (exact) mass is 623 g/mol. The van der Waals surface area contributed by atoms with Crippen LogP contribution in [-0.4, -0.2) is 54.7 Å². The van der Waals surface area contributed by atoms with Crippen molar-refractivity contribution in [3.8, 4) is 28.7 Å². The van der Waals surface area contributed by atoms with Gasteiger partial charge < -0.3 is 29.0 Å². The summed E-state index contributed by atoms with van der Waals surface area (Å²) in [6.07, 6.45) is 0.162. The first-order valence-electron chi connectivity index (χ1n) is 13.7. The van der Waals surface area contributed by atoms with Crippen LogP contribution in [0.25, 0.3) is 0 Å². The van der Waals surface area contributed by atoms with Gasteiger partial charge in [-0.05, 0) is 12.5 Å². The van der Waals surface area contributed by atoms with E-state index < -0.39 is 40.3 Å². The van der Waals surface area contributed by atoms with Gasteiger partial charge in [0.1, 0.15) is 39.4 Å². The van der Waals surface area contributed by atoms with E-state index in [9.17, 15) is 14.4 Å². The van der Waals surface area contributed by atoms with Crippen LogP contribution in [-0.2, 0) is 18.9 Å². The Kier molecular flexibility index (Phi) is 6.80. The first-order chi connectivity index (χ1) is 21.0. The van der Waals surface area contributed by atoms with Crippen molar-refractivity contribution in [1.82, 2.24) is 9.13 Å². The Hall–Kier alpha value is -4.71. The SMILES string of the molecule is COc1ccc([C@@H]2C3=C(C[C@@H](C)[C@]4(Oc5c(Cl)c(OC)cc(OC)c5C4=O)C3=O)Nc3c2c(=O)n(C)c(=O)n3C)c(OC)c1. The van der Waals surface area contributed by atoms with Gasteiger partial charge in [0, 0.05) is 49.0 Å². The van der Waals surface area contributed by atoms with Gasteiger partial charge in [0.25, 0.3) is 5.56 Å². The van der Waals surface area contributed by atoms with Crippen LogP contribution in [0.3, 0.4) is 0 Å². The number of halogens is 1. The van der Waals surface area contributed by atoms with Crippen LogP contribution < -0.4 is 40.3 Å². The minimum Gasteiger partial charge on any atom is -0.497 e. The van der Waals surface area contributed by atoms with E-state index in [-0.39, 0.29) is 51.2 Å². The van der Waals surface area contributed by atoms with Gasteiger partial charge in [-0.15, -0.1) is 0 Å². The van der Waals surface area contributed by atoms with Crippen LogP contribution in [0.5, 0.6) is 28.7 Å². The minimum absolute atomic E-state index is 0.0156. The number of carbonyl (C=O) groups is 2. The molecule has 1 aliphatic carbocycles. The number of nitrogens with zero attached hydrogens (tertiary/aromatic N) is 2. The molecule has 2 aliphatic heterocycles. The zero-order valence-corrected chi connectivity index (χ0v) is 25.9. The molecule has 44 heavy (non-hydrogen) atoms. The molecule has 2 aromatic carbocycles. The van der Waals surface area contributed by atoms with Crippen molar-refractivity contribution in [3.05, 3.63) is 78.1 Å². The number of fused-ring (bicyclic) bond motifs is 2. The number of hydrogen-bond acceptors (Lipinski definition) is 10. The van der Waals surface area contributed by atoms with Crippen molar-refractivity contribution >= 4 is 29.0 Å². The number of allylic oxidation sites excluding steroid dienone is 1. The number of nitrogens with one attached hydrogen (secondary N) is 1. The molecule has 1 spiro atoms. The van der Waals surface area contributed by atoms with Crippen LogP contribution in [0.15, 0.2) is 45.1 Å². The molecule has 0 bridgehead atoms. The zero-order valence-electron chi connectivity index (χ0n) is 25.1. The fraction of sp³-hybridized carbons (Fsp3) is 0.355. The molecule has 3 heterocycles. The van der Waals surface area contributed by atoms with E-state index in [0.29, 0.717) is 22.8 Å². The van der Waals surface area contributed by atoms with E-state index in [4.69, 9.17) is 35.3 Å². The Morgan fingerprint density at radius 2 is 1.59 bits per heavy atom. The van der Waals surface area contributed by atoms with E-state index in [1.165, 1.54) is 46.1 Å². The minimum atomic E-state index is -2.02. The second kappa shape index (κ2) is 10.2. The molecular formula is C31H30ClN3O9. The molecular weight excluding hydrogens is 594 g/mol. The van der Waals surface area contributed by atoms with Gasteiger partial charge in [-0.2, -0.15) is 0 Å². The highest BCUT2D eigenvalue weighted by molar-refractivity contribution is 6.36. The third-order valence-electron chi connectivity index (χ3n) is 8.83. The summed E-state index contributed by atoms with van der Waals surface area (Å²) in [6.45, 7) is 1.73. The molecule has 13 heteroatoms. The number of ketones is 2. The van der Waals surface area contributed by atoms with Gasteiger partial charge in [0.05, 0.1) is 39.9 Å². The Bertz CT molecular complexity index is 1940. The predicted molar refractivity (Wildman–Crippen MR) is 160 cm³/mol. The van der Waals surface area contributed by atoms with Crippen LogP contribution in [0.2, 0.25) is 5.02 Å². The molecule has 0 saturated carbocycles. The van der Waals surface area contributed by atoms with Gasteiger partial charge in [-0.25, -0.2) is 4.79 Å². The first-order valence-corrected chi connectivity index (χ1v) is 14.1. The molecule has 6 rings (SSSR count). The summed E-state index contributed by atoms with van der Waals surface area (Å²) < 4.78 is 30.6. The molecule has 3 atom stereocenters. The number of anilines is 1. The van der Waals surface area contributed by atoms with E-state index in [1.54, 1.807) is 32.2 Å². The van der Waals surface area contributed by atoms with Gasteiger partial charge in [-0.3, -0.25) is 23.5 Å². The molecule has 0 radical (unpaired) electrons. The number of hydrogen-bond donors (Lipinski definition) is 1. The number of methoxy groups -OCH3 is 4. The molecule has 0 unspecified atom stereocenters. The number of carbonyl (C=O) groups excluding carboxylic acids is 2. The van der Waals surface area contributed by atoms with Crippen LogP contribution >= 0.6 is 11.6 Å². The lowest BCUT2D eigenvalue weighted by molar-refractivity contribution is -0.130. The predicted octanol–water partition coefficient (Wildman–Crippen LogP) is 3.21. The smallest absolute Gasteiger partial charge is 0.332 e. The largest absolute Gasteiger partial charge is 0.497 e. The highest BCUT2D eigenvalue weighted by Gasteiger charge is 2.64. The molecule has 3 aromatic rings. The molecule has 0 amide bonds. The van der Waals surface area contributed by atoms with E-state index in [1.807, 2.05) is 0 Å². The molecule has 0 fully saturated rings. The summed E-state index contributed by atoms with van der Waals surface area (Å²) in [5, 5.41) is 3.22. The average molecular weight is 624 g/mol. The van der Waals surface area contributed by atoms with Crippen molar-refractivity contribution in [2.45, 2.75) is 24.9 Å². The maximum absolute atomic E-state index is 15.0. The summed E-state index contributed by atoms with van der Waals surface area (Å²) >= 11 is 6.62. The second-order valence-corrected chi connectivity index (χ2v) is 11.3. The fourth-order valence-corrected chi connectivity index (χ4v) is 6.82. The maximum Gasteiger partial charge on any atom is 0.332 e. The van der Waals surface area contributed by atoms with Crippen LogP contribution in [0, 0.1) is 5.92 Å². The molecule has 0 saturated heterocycles. The van der Waals surface area contributed by atoms with E-state index in [0.717, 1.165) is 4.57 Å². The summed E-state index contributed by atoms with van der Waals surface area (Å²) in [5.41, 5.74) is -1.96. The first kappa shape index (κ1) is 29.4. The Morgan fingerprint density at radius 1 is 0.909 bits per heavy atom. The lowest BCUT2D eigenvalue weighted by Crippen LogP contribution is -2.58. The summed E-state index contributed by atoms with van der Waals surface area (Å²) in [6, 6.07) is 6.49. The third-order valence-corrected chi connectivity index (χ3v) is 9.19. The van der Waals surface area contributed by atoms with Gasteiger partial charge in [0.15, 0.2) is 5.75 Å². The van der Waals surface area contributed by atoms with E-state index >= 15 is 4.79 Å². The van der Waals surface area contributed by atoms with Crippen molar-refractivity contribution in [3.63, 3.8) is 0 Å². The second-order valence-electron chi connectivity index (χ2n) is 10.9. The fourth-order valence-electron chi connectivity index (χ4n) is 6.56. The summed E-state index contributed by atoms with van der Waals surface area (Å²) in [5.74, 6) is -1.60. The van der Waals surface area contributed by atoms with Gasteiger partial charge in [0.2, 0.25) is 17.2 Å². The standard InChI is InChI=1S/C31H30ClN3O9/c1-13-10-16-21(26(36)31(13)27(37)22-18(42-6)12-19(43-7)24(32)25(22)44-31)20(15-9-8-14(40-4)11-17(15)41-5)23-28(33-16)34(2)30(39)35(3)29(23)38/h8-9,11-13,20,33H,10H2,1-7H3/t13-,20-,31+/m1/s1. The molecule has 1 N–H and O–H groups in total. The number of benzene rings is 2. The Labute approximate surface area is 256 Å². The lowest BCUT2D eigenvalue weighted by Gasteiger charge is -2.42. The highest BCUT2D eigenvalue weighted by Crippen LogP contribution is 2.56. The number of aromatic nitrogens is 2. The number of Topliss-reactive ketones (excluding diaryl/α,β-unsaturated/α-hetero) is 2. The van der Waals surface area contributed by atoms with Crippen molar-refractivity contribution < 1.29 is 33.3 Å². The van der Waals surface area contributed by atoms with E-state index in [2.05, 4.69) is 5.32 Å². The van der Waals surface area contributed by atoms with Crippen molar-refractivity contribution in [2.75, 3.05) is 33.8 Å². The molecule has 12 nitrogen and oxygen atoms in total. The normalized spacial score (nSPS) is 21.7. The van der Waals surface area contributed by atoms with Crippen molar-refractivity contribution in [2.24, 2.45) is 20.0 Å². The summed E-state index contributed by atoms with van der Waals surface area (Å²) in [7, 11) is 8.68. The summed E-state index contributed by atoms with van der Waals surface area (Å²) in [4.78, 5) is 56.2. The maximum atomic E-state index is 15.0. The van der Waals surface area contributed by atoms with Crippen molar-refractivity contribution in [1.29, 1.82) is 0 Å². The molecule has 1 aromatic heterocycles. The van der Waals surface area contributed by atoms with Gasteiger partial charge >= 0.3 is 5.69 Å². The molecule has 230 valence electrons. The third kappa shape index (κ3) is 3.69. The zero-order chi connectivity index (χ0) is 31.8. The number of rotatable bonds is 5. The quantitative estimate of drug-likeness (QED) is 0.422. The lowest BCUT2D eigenvalue weighted by atomic mass is 9.65. The Balaban J connectivity index is 1.64. The highest BCUT2D eigenvalue weighted by atomic mass is 35.5. The Morgan fingerprint density at radius 3 is 2.23 bits per heavy atom. The average Bonchev–Trinajstić information content (AvgIpc) is 3.35. The van der Waals surface area contributed by atoms with Crippen LogP contribution in [0.1, 0.15) is 40.7 Å². The van der Waals surface area contributed by atoms with Crippen LogP contribution in [0.4, 0.5) is 5.82 Å². The van der Waals surface area contributed by atoms with Gasteiger partial charge in [-0.1, -0.05) is 24.6 Å². The topological polar surface area (TPSA) is 136 Å². The molecule has 3 aliphatic rings.